The summed E-state index contributed by atoms with van der Waals surface area (Å²) in [5.41, 5.74) is 0.679. The number of aryl methyl sites for hydroxylation is 1. The zero-order valence-electron chi connectivity index (χ0n) is 11.2. The SMILES string of the molecule is CCc1cc2c(Nc3cccc([N+](=O)[O-])c3)ncnc2s1. The number of nitrogens with zero attached hydrogens (tertiary/aromatic N) is 3. The van der Waals surface area contributed by atoms with Crippen molar-refractivity contribution in [3.05, 3.63) is 51.7 Å². The lowest BCUT2D eigenvalue weighted by Gasteiger charge is -2.05. The van der Waals surface area contributed by atoms with Crippen LogP contribution in [0.2, 0.25) is 0 Å². The second kappa shape index (κ2) is 5.45. The molecule has 1 N–H and O–H groups in total. The number of rotatable bonds is 4. The van der Waals surface area contributed by atoms with Crippen LogP contribution in [0.3, 0.4) is 0 Å². The summed E-state index contributed by atoms with van der Waals surface area (Å²) in [7, 11) is 0. The van der Waals surface area contributed by atoms with Crippen molar-refractivity contribution in [2.75, 3.05) is 5.32 Å². The minimum Gasteiger partial charge on any atom is -0.339 e. The van der Waals surface area contributed by atoms with Crippen LogP contribution in [0.4, 0.5) is 17.2 Å². The molecule has 2 aromatic heterocycles. The number of non-ortho nitro benzene ring substituents is 1. The molecule has 0 atom stereocenters. The predicted molar refractivity (Wildman–Crippen MR) is 83.2 cm³/mol. The molecule has 106 valence electrons. The van der Waals surface area contributed by atoms with E-state index in [9.17, 15) is 10.1 Å². The van der Waals surface area contributed by atoms with E-state index in [1.165, 1.54) is 23.3 Å². The number of nitrogens with one attached hydrogen (secondary N) is 1. The maximum Gasteiger partial charge on any atom is 0.271 e. The van der Waals surface area contributed by atoms with Crippen LogP contribution in [0.15, 0.2) is 36.7 Å². The fraction of sp³-hybridized carbons (Fsp3) is 0.143. The van der Waals surface area contributed by atoms with Crippen molar-refractivity contribution in [2.45, 2.75) is 13.3 Å². The fourth-order valence-corrected chi connectivity index (χ4v) is 2.95. The summed E-state index contributed by atoms with van der Waals surface area (Å²) in [4.78, 5) is 21.0. The van der Waals surface area contributed by atoms with Crippen molar-refractivity contribution in [3.63, 3.8) is 0 Å². The van der Waals surface area contributed by atoms with Crippen LogP contribution in [-0.2, 0) is 6.42 Å². The topological polar surface area (TPSA) is 81.0 Å². The molecular weight excluding hydrogens is 288 g/mol. The lowest BCUT2D eigenvalue weighted by atomic mass is 10.2. The van der Waals surface area contributed by atoms with E-state index in [0.717, 1.165) is 16.6 Å². The molecule has 0 spiro atoms. The first kappa shape index (κ1) is 13.4. The molecule has 0 unspecified atom stereocenters. The number of nitro groups is 1. The van der Waals surface area contributed by atoms with Gasteiger partial charge < -0.3 is 5.32 Å². The summed E-state index contributed by atoms with van der Waals surface area (Å²) in [5, 5.41) is 14.9. The second-order valence-corrected chi connectivity index (χ2v) is 5.56. The van der Waals surface area contributed by atoms with Crippen molar-refractivity contribution in [3.8, 4) is 0 Å². The molecule has 0 aliphatic rings. The van der Waals surface area contributed by atoms with E-state index < -0.39 is 4.92 Å². The molecule has 0 saturated heterocycles. The second-order valence-electron chi connectivity index (χ2n) is 4.44. The van der Waals surface area contributed by atoms with Crippen molar-refractivity contribution in [1.82, 2.24) is 9.97 Å². The zero-order chi connectivity index (χ0) is 14.8. The molecule has 3 rings (SSSR count). The Hall–Kier alpha value is -2.54. The number of thiophene rings is 1. The average Bonchev–Trinajstić information content (AvgIpc) is 2.92. The number of hydrogen-bond acceptors (Lipinski definition) is 6. The Morgan fingerprint density at radius 1 is 1.33 bits per heavy atom. The molecular formula is C14H12N4O2S. The number of aromatic nitrogens is 2. The van der Waals surface area contributed by atoms with E-state index in [1.54, 1.807) is 23.5 Å². The van der Waals surface area contributed by atoms with E-state index in [-0.39, 0.29) is 5.69 Å². The van der Waals surface area contributed by atoms with Gasteiger partial charge in [-0.1, -0.05) is 13.0 Å². The van der Waals surface area contributed by atoms with Gasteiger partial charge >= 0.3 is 0 Å². The van der Waals surface area contributed by atoms with Crippen molar-refractivity contribution >= 4 is 38.7 Å². The highest BCUT2D eigenvalue weighted by Gasteiger charge is 2.10. The molecule has 0 radical (unpaired) electrons. The van der Waals surface area contributed by atoms with Gasteiger partial charge in [0.25, 0.3) is 5.69 Å². The fourth-order valence-electron chi connectivity index (χ4n) is 2.01. The standard InChI is InChI=1S/C14H12N4O2S/c1-2-11-7-12-13(15-8-16-14(12)21-11)17-9-4-3-5-10(6-9)18(19)20/h3-8H,2H2,1H3,(H,15,16,17). The first-order valence-corrected chi connectivity index (χ1v) is 7.24. The van der Waals surface area contributed by atoms with Gasteiger partial charge in [-0.05, 0) is 18.6 Å². The summed E-state index contributed by atoms with van der Waals surface area (Å²) in [6.07, 6.45) is 2.44. The van der Waals surface area contributed by atoms with Gasteiger partial charge in [0.2, 0.25) is 0 Å². The van der Waals surface area contributed by atoms with Gasteiger partial charge in [-0.25, -0.2) is 9.97 Å². The minimum atomic E-state index is -0.416. The predicted octanol–water partition coefficient (Wildman–Crippen LogP) is 3.91. The maximum absolute atomic E-state index is 10.8. The Bertz CT molecular complexity index is 816. The normalized spacial score (nSPS) is 10.7. The van der Waals surface area contributed by atoms with Crippen LogP contribution in [-0.4, -0.2) is 14.9 Å². The van der Waals surface area contributed by atoms with Crippen molar-refractivity contribution in [1.29, 1.82) is 0 Å². The van der Waals surface area contributed by atoms with Gasteiger partial charge in [0.1, 0.15) is 17.0 Å². The Morgan fingerprint density at radius 2 is 2.19 bits per heavy atom. The number of fused-ring (bicyclic) bond motifs is 1. The monoisotopic (exact) mass is 300 g/mol. The Kier molecular flexibility index (Phi) is 3.49. The third kappa shape index (κ3) is 2.68. The average molecular weight is 300 g/mol. The quantitative estimate of drug-likeness (QED) is 0.583. The zero-order valence-corrected chi connectivity index (χ0v) is 12.1. The Morgan fingerprint density at radius 3 is 2.95 bits per heavy atom. The molecule has 7 heteroatoms. The molecule has 2 heterocycles. The number of anilines is 2. The molecule has 3 aromatic rings. The number of benzene rings is 1. The van der Waals surface area contributed by atoms with Gasteiger partial charge in [-0.15, -0.1) is 11.3 Å². The smallest absolute Gasteiger partial charge is 0.271 e. The third-order valence-electron chi connectivity index (χ3n) is 3.05. The molecule has 0 aliphatic heterocycles. The molecule has 6 nitrogen and oxygen atoms in total. The van der Waals surface area contributed by atoms with E-state index in [4.69, 9.17) is 0 Å². The third-order valence-corrected chi connectivity index (χ3v) is 4.24. The van der Waals surface area contributed by atoms with Gasteiger partial charge in [-0.3, -0.25) is 10.1 Å². The summed E-state index contributed by atoms with van der Waals surface area (Å²) >= 11 is 1.63. The highest BCUT2D eigenvalue weighted by Crippen LogP contribution is 2.30. The molecule has 0 bridgehead atoms. The van der Waals surface area contributed by atoms with E-state index in [1.807, 2.05) is 0 Å². The van der Waals surface area contributed by atoms with E-state index >= 15 is 0 Å². The van der Waals surface area contributed by atoms with E-state index in [2.05, 4.69) is 28.3 Å². The largest absolute Gasteiger partial charge is 0.339 e. The van der Waals surface area contributed by atoms with Crippen LogP contribution in [0.5, 0.6) is 0 Å². The van der Waals surface area contributed by atoms with Crippen LogP contribution in [0, 0.1) is 10.1 Å². The highest BCUT2D eigenvalue weighted by molar-refractivity contribution is 7.18. The summed E-state index contributed by atoms with van der Waals surface area (Å²) in [6, 6.07) is 8.42. The first-order valence-electron chi connectivity index (χ1n) is 6.42. The minimum absolute atomic E-state index is 0.0462. The summed E-state index contributed by atoms with van der Waals surface area (Å²) < 4.78 is 0. The highest BCUT2D eigenvalue weighted by atomic mass is 32.1. The Labute approximate surface area is 124 Å². The molecule has 0 amide bonds. The molecule has 0 aliphatic carbocycles. The maximum atomic E-state index is 10.8. The first-order chi connectivity index (χ1) is 10.2. The van der Waals surface area contributed by atoms with E-state index in [0.29, 0.717) is 11.5 Å². The molecule has 0 saturated carbocycles. The molecule has 1 aromatic carbocycles. The summed E-state index contributed by atoms with van der Waals surface area (Å²) in [5.74, 6) is 0.663. The lowest BCUT2D eigenvalue weighted by Crippen LogP contribution is -1.96. The van der Waals surface area contributed by atoms with Crippen LogP contribution < -0.4 is 5.32 Å². The van der Waals surface area contributed by atoms with Crippen LogP contribution in [0.25, 0.3) is 10.2 Å². The van der Waals surface area contributed by atoms with Crippen molar-refractivity contribution < 1.29 is 4.92 Å². The Balaban J connectivity index is 1.99. The van der Waals surface area contributed by atoms with Crippen LogP contribution >= 0.6 is 11.3 Å². The number of nitro benzene ring substituents is 1. The van der Waals surface area contributed by atoms with Gasteiger partial charge in [0.15, 0.2) is 0 Å². The van der Waals surface area contributed by atoms with Crippen molar-refractivity contribution in [2.24, 2.45) is 0 Å². The van der Waals surface area contributed by atoms with Crippen LogP contribution in [0.1, 0.15) is 11.8 Å². The lowest BCUT2D eigenvalue weighted by molar-refractivity contribution is -0.384. The van der Waals surface area contributed by atoms with Gasteiger partial charge in [-0.2, -0.15) is 0 Å². The summed E-state index contributed by atoms with van der Waals surface area (Å²) in [6.45, 7) is 2.09. The number of hydrogen-bond donors (Lipinski definition) is 1. The van der Waals surface area contributed by atoms with Gasteiger partial charge in [0.05, 0.1) is 10.3 Å². The molecule has 0 fully saturated rings. The molecule has 21 heavy (non-hydrogen) atoms. The van der Waals surface area contributed by atoms with Gasteiger partial charge in [0, 0.05) is 22.7 Å².